The van der Waals surface area contributed by atoms with E-state index in [1.54, 1.807) is 24.8 Å². The van der Waals surface area contributed by atoms with E-state index in [4.69, 9.17) is 9.72 Å². The van der Waals surface area contributed by atoms with E-state index in [-0.39, 0.29) is 0 Å². The Morgan fingerprint density at radius 2 is 1.89 bits per heavy atom. The van der Waals surface area contributed by atoms with Gasteiger partial charge in [-0.2, -0.15) is 0 Å². The average Bonchev–Trinajstić information content (AvgIpc) is 3.42. The topological polar surface area (TPSA) is 97.1 Å². The molecule has 180 valence electrons. The van der Waals surface area contributed by atoms with Gasteiger partial charge in [0.1, 0.15) is 34.8 Å². The van der Waals surface area contributed by atoms with Crippen LogP contribution in [0.2, 0.25) is 0 Å². The Bertz CT molecular complexity index is 1590. The number of anilines is 2. The molecule has 3 N–H and O–H groups in total. The van der Waals surface area contributed by atoms with Crippen molar-refractivity contribution in [2.24, 2.45) is 7.05 Å². The second kappa shape index (κ2) is 8.78. The quantitative estimate of drug-likeness (QED) is 0.217. The summed E-state index contributed by atoms with van der Waals surface area (Å²) < 4.78 is 7.43. The largest absolute Gasteiger partial charge is 0.497 e. The molecule has 8 nitrogen and oxygen atoms in total. The molecule has 0 saturated heterocycles. The van der Waals surface area contributed by atoms with Gasteiger partial charge < -0.3 is 25.0 Å². The highest BCUT2D eigenvalue weighted by Gasteiger charge is 2.29. The maximum Gasteiger partial charge on any atom is 0.146 e. The van der Waals surface area contributed by atoms with Gasteiger partial charge in [-0.05, 0) is 48.0 Å². The maximum atomic E-state index is 9.86. The van der Waals surface area contributed by atoms with E-state index >= 15 is 0 Å². The number of fused-ring (bicyclic) bond motifs is 2. The molecule has 0 fully saturated rings. The molecular formula is C27H24N6O2S. The minimum atomic E-state index is -0.807. The van der Waals surface area contributed by atoms with E-state index in [1.165, 1.54) is 6.08 Å². The summed E-state index contributed by atoms with van der Waals surface area (Å²) in [5, 5.41) is 18.3. The average molecular weight is 497 g/mol. The van der Waals surface area contributed by atoms with Gasteiger partial charge in [-0.3, -0.25) is 0 Å². The predicted octanol–water partition coefficient (Wildman–Crippen LogP) is 5.28. The van der Waals surface area contributed by atoms with Crippen molar-refractivity contribution in [3.63, 3.8) is 0 Å². The number of thiazole rings is 1. The number of nitrogens with zero attached hydrogens (tertiary/aromatic N) is 4. The molecule has 0 bridgehead atoms. The number of aromatic nitrogens is 4. The third kappa shape index (κ3) is 3.60. The van der Waals surface area contributed by atoms with Crippen molar-refractivity contribution < 1.29 is 9.84 Å². The van der Waals surface area contributed by atoms with Crippen LogP contribution < -0.4 is 15.4 Å². The Labute approximate surface area is 212 Å². The van der Waals surface area contributed by atoms with Crippen molar-refractivity contribution in [2.45, 2.75) is 12.8 Å². The number of aryl methyl sites for hydroxylation is 1. The number of aliphatic hydroxyl groups excluding tert-OH is 1. The zero-order chi connectivity index (χ0) is 24.8. The number of nitrogens with one attached hydrogen (secondary N) is 2. The van der Waals surface area contributed by atoms with E-state index in [2.05, 4.69) is 31.7 Å². The fraction of sp³-hybridized carbons (Fsp3) is 0.148. The van der Waals surface area contributed by atoms with Crippen LogP contribution >= 0.6 is 11.3 Å². The van der Waals surface area contributed by atoms with E-state index < -0.39 is 6.23 Å². The first-order chi connectivity index (χ1) is 17.6. The Balaban J connectivity index is 1.53. The molecule has 1 atom stereocenters. The molecule has 5 aromatic rings. The van der Waals surface area contributed by atoms with Crippen LogP contribution in [0.3, 0.4) is 0 Å². The van der Waals surface area contributed by atoms with Crippen molar-refractivity contribution in [2.75, 3.05) is 17.7 Å². The van der Waals surface area contributed by atoms with Gasteiger partial charge in [0, 0.05) is 23.9 Å². The Morgan fingerprint density at radius 3 is 2.61 bits per heavy atom. The molecule has 1 aliphatic rings. The molecule has 9 heteroatoms. The zero-order valence-electron chi connectivity index (χ0n) is 19.8. The summed E-state index contributed by atoms with van der Waals surface area (Å²) in [5.74, 6) is 1.62. The first-order valence-corrected chi connectivity index (χ1v) is 12.3. The molecule has 0 spiro atoms. The molecule has 1 unspecified atom stereocenters. The lowest BCUT2D eigenvalue weighted by Crippen LogP contribution is -2.14. The normalized spacial score (nSPS) is 13.0. The summed E-state index contributed by atoms with van der Waals surface area (Å²) in [7, 11) is 3.69. The van der Waals surface area contributed by atoms with Gasteiger partial charge in [-0.15, -0.1) is 11.3 Å². The summed E-state index contributed by atoms with van der Waals surface area (Å²) in [5.41, 5.74) is 6.83. The monoisotopic (exact) mass is 496 g/mol. The first kappa shape index (κ1) is 22.3. The van der Waals surface area contributed by atoms with E-state index in [1.807, 2.05) is 55.6 Å². The molecule has 0 aliphatic carbocycles. The van der Waals surface area contributed by atoms with Crippen LogP contribution in [0.1, 0.15) is 5.69 Å². The van der Waals surface area contributed by atoms with Crippen LogP contribution in [0, 0.1) is 0 Å². The highest BCUT2D eigenvalue weighted by atomic mass is 32.1. The number of methoxy groups -OCH3 is 1. The van der Waals surface area contributed by atoms with Crippen molar-refractivity contribution in [3.8, 4) is 38.0 Å². The number of hydrogen-bond donors (Lipinski definition) is 3. The summed E-state index contributed by atoms with van der Waals surface area (Å²) in [6.07, 6.45) is 2.24. The third-order valence-electron chi connectivity index (χ3n) is 6.35. The molecule has 36 heavy (non-hydrogen) atoms. The number of rotatable bonds is 6. The number of benzene rings is 2. The van der Waals surface area contributed by atoms with Gasteiger partial charge in [0.2, 0.25) is 0 Å². The smallest absolute Gasteiger partial charge is 0.146 e. The highest BCUT2D eigenvalue weighted by Crippen LogP contribution is 2.48. The molecule has 1 aliphatic heterocycles. The molecule has 6 rings (SSSR count). The predicted molar refractivity (Wildman–Crippen MR) is 144 cm³/mol. The number of aliphatic hydroxyl groups is 1. The lowest BCUT2D eigenvalue weighted by Gasteiger charge is -2.12. The minimum absolute atomic E-state index is 0.578. The van der Waals surface area contributed by atoms with Gasteiger partial charge in [-0.1, -0.05) is 18.7 Å². The molecule has 3 aromatic heterocycles. The lowest BCUT2D eigenvalue weighted by molar-refractivity contribution is 0.253. The van der Waals surface area contributed by atoms with Gasteiger partial charge in [-0.25, -0.2) is 15.0 Å². The van der Waals surface area contributed by atoms with Gasteiger partial charge in [0.15, 0.2) is 0 Å². The fourth-order valence-corrected chi connectivity index (χ4v) is 5.73. The Hall–Kier alpha value is -4.21. The standard InChI is InChI=1S/C27H24N6O2S/c1-4-20(34)31-17-9-5-15(6-10-17)23-21-22-25(29-14-30-26(22)33(23)2)28-13-19-24(21)36-27(32-19)16-7-11-18(35-3)12-8-16/h4-12,14,20,31,34H,1,13H2,2-3H3,(H,28,29,30). The summed E-state index contributed by atoms with van der Waals surface area (Å²) in [6.45, 7) is 4.19. The summed E-state index contributed by atoms with van der Waals surface area (Å²) in [4.78, 5) is 15.3. The van der Waals surface area contributed by atoms with Crippen molar-refractivity contribution in [1.29, 1.82) is 0 Å². The van der Waals surface area contributed by atoms with Gasteiger partial charge in [0.05, 0.1) is 35.3 Å². The SMILES string of the molecule is C=CC(O)Nc1ccc(-c2c3c4c(ncnc4n2C)NCc2nc(-c4ccc(OC)cc4)sc2-3)cc1. The van der Waals surface area contributed by atoms with Crippen LogP contribution in [0.5, 0.6) is 5.75 Å². The van der Waals surface area contributed by atoms with Crippen LogP contribution in [-0.2, 0) is 13.6 Å². The Kier molecular flexibility index (Phi) is 5.43. The van der Waals surface area contributed by atoms with Crippen LogP contribution in [0.15, 0.2) is 67.5 Å². The molecule has 0 saturated carbocycles. The number of hydrogen-bond acceptors (Lipinski definition) is 8. The fourth-order valence-electron chi connectivity index (χ4n) is 4.59. The zero-order valence-corrected chi connectivity index (χ0v) is 20.6. The number of ether oxygens (including phenoxy) is 1. The van der Waals surface area contributed by atoms with Gasteiger partial charge in [0.25, 0.3) is 0 Å². The first-order valence-electron chi connectivity index (χ1n) is 11.5. The minimum Gasteiger partial charge on any atom is -0.497 e. The Morgan fingerprint density at radius 1 is 1.14 bits per heavy atom. The van der Waals surface area contributed by atoms with Crippen LogP contribution in [-0.4, -0.2) is 38.0 Å². The summed E-state index contributed by atoms with van der Waals surface area (Å²) >= 11 is 1.67. The van der Waals surface area contributed by atoms with Crippen molar-refractivity contribution in [1.82, 2.24) is 19.5 Å². The second-order valence-electron chi connectivity index (χ2n) is 8.48. The van der Waals surface area contributed by atoms with E-state index in [0.717, 1.165) is 66.3 Å². The second-order valence-corrected chi connectivity index (χ2v) is 9.48. The van der Waals surface area contributed by atoms with E-state index in [0.29, 0.717) is 6.54 Å². The highest BCUT2D eigenvalue weighted by molar-refractivity contribution is 7.18. The van der Waals surface area contributed by atoms with E-state index in [9.17, 15) is 5.11 Å². The van der Waals surface area contributed by atoms with Crippen LogP contribution in [0.4, 0.5) is 11.5 Å². The van der Waals surface area contributed by atoms with Gasteiger partial charge >= 0.3 is 0 Å². The lowest BCUT2D eigenvalue weighted by atomic mass is 10.0. The molecule has 4 heterocycles. The van der Waals surface area contributed by atoms with Crippen molar-refractivity contribution in [3.05, 3.63) is 73.2 Å². The maximum absolute atomic E-state index is 9.86. The van der Waals surface area contributed by atoms with Crippen molar-refractivity contribution >= 4 is 33.9 Å². The molecule has 0 amide bonds. The molecule has 0 radical (unpaired) electrons. The summed E-state index contributed by atoms with van der Waals surface area (Å²) in [6, 6.07) is 16.0. The molecular weight excluding hydrogens is 472 g/mol. The third-order valence-corrected chi connectivity index (χ3v) is 7.51. The van der Waals surface area contributed by atoms with Crippen LogP contribution in [0.25, 0.3) is 43.3 Å². The molecule has 2 aromatic carbocycles.